The van der Waals surface area contributed by atoms with Crippen molar-refractivity contribution in [2.45, 2.75) is 26.7 Å². The van der Waals surface area contributed by atoms with Gasteiger partial charge in [-0.1, -0.05) is 19.0 Å². The van der Waals surface area contributed by atoms with Crippen molar-refractivity contribution in [3.8, 4) is 5.75 Å². The Morgan fingerprint density at radius 1 is 1.35 bits per heavy atom. The molecule has 2 rings (SSSR count). The van der Waals surface area contributed by atoms with Crippen molar-refractivity contribution in [3.63, 3.8) is 0 Å². The summed E-state index contributed by atoms with van der Waals surface area (Å²) in [5.74, 6) is -0.00544. The number of hydrogen-bond donors (Lipinski definition) is 1. The summed E-state index contributed by atoms with van der Waals surface area (Å²) < 4.78 is 0. The Balaban J connectivity index is 0.000000686. The third-order valence-electron chi connectivity index (χ3n) is 2.15. The summed E-state index contributed by atoms with van der Waals surface area (Å²) in [5.41, 5.74) is 0.774. The molecule has 1 N–H and O–H groups in total. The number of carbonyl (C=O) groups is 1. The third-order valence-corrected chi connectivity index (χ3v) is 2.15. The highest BCUT2D eigenvalue weighted by Crippen LogP contribution is 2.30. The second kappa shape index (κ2) is 6.68. The summed E-state index contributed by atoms with van der Waals surface area (Å²) >= 11 is 0. The van der Waals surface area contributed by atoms with Gasteiger partial charge in [-0.2, -0.15) is 0 Å². The van der Waals surface area contributed by atoms with E-state index < -0.39 is 0 Å². The van der Waals surface area contributed by atoms with E-state index in [0.29, 0.717) is 0 Å². The highest BCUT2D eigenvalue weighted by atomic mass is 16.7. The Kier molecular flexibility index (Phi) is 5.20. The number of phenolic OH excluding ortho intramolecular Hbond substituents is 1. The maximum Gasteiger partial charge on any atom is 0.338 e. The predicted octanol–water partition coefficient (Wildman–Crippen LogP) is 2.71. The topological polar surface area (TPSA) is 58.9 Å². The molecule has 0 heterocycles. The molecule has 0 aliphatic heterocycles. The average Bonchev–Trinajstić information content (AvgIpc) is 3.18. The number of aromatic hydroxyl groups is 1. The zero-order valence-electron chi connectivity index (χ0n) is 10.1. The van der Waals surface area contributed by atoms with Gasteiger partial charge in [-0.25, -0.2) is 4.79 Å². The van der Waals surface area contributed by atoms with Crippen LogP contribution in [0.25, 0.3) is 0 Å². The van der Waals surface area contributed by atoms with Crippen molar-refractivity contribution in [2.75, 3.05) is 0 Å². The number of oxime groups is 1. The van der Waals surface area contributed by atoms with Gasteiger partial charge in [0.1, 0.15) is 5.75 Å². The normalized spacial score (nSPS) is 14.0. The van der Waals surface area contributed by atoms with Crippen molar-refractivity contribution in [3.05, 3.63) is 29.8 Å². The van der Waals surface area contributed by atoms with E-state index in [0.717, 1.165) is 18.4 Å². The van der Waals surface area contributed by atoms with Gasteiger partial charge in [0.2, 0.25) is 0 Å². The summed E-state index contributed by atoms with van der Waals surface area (Å²) in [6, 6.07) is 6.46. The van der Waals surface area contributed by atoms with Crippen LogP contribution in [0.15, 0.2) is 29.4 Å². The first kappa shape index (κ1) is 13.2. The van der Waals surface area contributed by atoms with E-state index in [9.17, 15) is 4.79 Å². The molecule has 0 radical (unpaired) electrons. The molecule has 4 nitrogen and oxygen atoms in total. The summed E-state index contributed by atoms with van der Waals surface area (Å²) in [5, 5.41) is 12.6. The lowest BCUT2D eigenvalue weighted by Gasteiger charge is -1.94. The highest BCUT2D eigenvalue weighted by molar-refractivity contribution is 5.81. The molecule has 0 bridgehead atoms. The van der Waals surface area contributed by atoms with Crippen LogP contribution in [0.4, 0.5) is 0 Å². The molecule has 0 amide bonds. The molecule has 1 aromatic rings. The zero-order valence-corrected chi connectivity index (χ0v) is 10.1. The second-order valence-corrected chi connectivity index (χ2v) is 3.51. The van der Waals surface area contributed by atoms with Crippen molar-refractivity contribution in [2.24, 2.45) is 11.1 Å². The van der Waals surface area contributed by atoms with Gasteiger partial charge >= 0.3 is 5.97 Å². The minimum Gasteiger partial charge on any atom is -0.508 e. The first-order chi connectivity index (χ1) is 8.25. The molecule has 0 atom stereocenters. The van der Waals surface area contributed by atoms with Gasteiger partial charge in [-0.05, 0) is 42.7 Å². The molecule has 92 valence electrons. The Bertz CT molecular complexity index is 380. The van der Waals surface area contributed by atoms with Crippen molar-refractivity contribution in [1.29, 1.82) is 0 Å². The number of hydrogen-bond acceptors (Lipinski definition) is 4. The standard InChI is InChI=1S/C11H11NO3.C2H6/c13-10-5-1-8(2-6-10)7-12-15-11(14)9-3-4-9;1-2/h1-2,5-7,9,13H,3-4H2;1-2H3/b12-7+;. The predicted molar refractivity (Wildman–Crippen MR) is 65.9 cm³/mol. The van der Waals surface area contributed by atoms with Crippen LogP contribution >= 0.6 is 0 Å². The third kappa shape index (κ3) is 4.68. The molecular formula is C13H17NO3. The number of benzene rings is 1. The largest absolute Gasteiger partial charge is 0.508 e. The smallest absolute Gasteiger partial charge is 0.338 e. The van der Waals surface area contributed by atoms with Crippen LogP contribution in [-0.2, 0) is 9.63 Å². The lowest BCUT2D eigenvalue weighted by molar-refractivity contribution is -0.145. The minimum atomic E-state index is -0.259. The second-order valence-electron chi connectivity index (χ2n) is 3.51. The van der Waals surface area contributed by atoms with Gasteiger partial charge in [0, 0.05) is 0 Å². The molecular weight excluding hydrogens is 218 g/mol. The Hall–Kier alpha value is -1.84. The zero-order chi connectivity index (χ0) is 12.7. The molecule has 1 saturated carbocycles. The van der Waals surface area contributed by atoms with Crippen LogP contribution in [0.1, 0.15) is 32.3 Å². The SMILES string of the molecule is CC.O=C(O/N=C/c1ccc(O)cc1)C1CC1. The van der Waals surface area contributed by atoms with Crippen molar-refractivity contribution in [1.82, 2.24) is 0 Å². The van der Waals surface area contributed by atoms with E-state index in [4.69, 9.17) is 5.11 Å². The van der Waals surface area contributed by atoms with Gasteiger partial charge < -0.3 is 9.94 Å². The monoisotopic (exact) mass is 235 g/mol. The van der Waals surface area contributed by atoms with Gasteiger partial charge in [0.25, 0.3) is 0 Å². The lowest BCUT2D eigenvalue weighted by Crippen LogP contribution is -2.01. The molecule has 0 saturated heterocycles. The molecule has 1 fully saturated rings. The number of rotatable bonds is 3. The minimum absolute atomic E-state index is 0.0574. The van der Waals surface area contributed by atoms with Gasteiger partial charge in [-0.3, -0.25) is 0 Å². The fourth-order valence-corrected chi connectivity index (χ4v) is 1.09. The summed E-state index contributed by atoms with van der Waals surface area (Å²) in [7, 11) is 0. The summed E-state index contributed by atoms with van der Waals surface area (Å²) in [6.45, 7) is 4.00. The molecule has 1 aromatic carbocycles. The quantitative estimate of drug-likeness (QED) is 0.498. The highest BCUT2D eigenvalue weighted by Gasteiger charge is 2.31. The maximum atomic E-state index is 11.1. The van der Waals surface area contributed by atoms with Crippen LogP contribution < -0.4 is 0 Å². The van der Waals surface area contributed by atoms with Gasteiger partial charge in [0.15, 0.2) is 0 Å². The van der Waals surface area contributed by atoms with E-state index in [2.05, 4.69) is 9.99 Å². The summed E-state index contributed by atoms with van der Waals surface area (Å²) in [4.78, 5) is 15.7. The number of carbonyl (C=O) groups excluding carboxylic acids is 1. The fourth-order valence-electron chi connectivity index (χ4n) is 1.09. The van der Waals surface area contributed by atoms with Gasteiger partial charge in [0.05, 0.1) is 12.1 Å². The van der Waals surface area contributed by atoms with Crippen molar-refractivity contribution >= 4 is 12.2 Å². The van der Waals surface area contributed by atoms with Crippen molar-refractivity contribution < 1.29 is 14.7 Å². The molecule has 0 spiro atoms. The molecule has 1 aliphatic rings. The number of phenols is 1. The van der Waals surface area contributed by atoms with Crippen LogP contribution in [0.2, 0.25) is 0 Å². The average molecular weight is 235 g/mol. The van der Waals surface area contributed by atoms with Crippen LogP contribution in [0.3, 0.4) is 0 Å². The van der Waals surface area contributed by atoms with Crippen LogP contribution in [0, 0.1) is 5.92 Å². The Morgan fingerprint density at radius 3 is 2.47 bits per heavy atom. The van der Waals surface area contributed by atoms with E-state index in [1.807, 2.05) is 13.8 Å². The molecule has 1 aliphatic carbocycles. The molecule has 0 aromatic heterocycles. The fraction of sp³-hybridized carbons (Fsp3) is 0.385. The molecule has 17 heavy (non-hydrogen) atoms. The first-order valence-corrected chi connectivity index (χ1v) is 5.79. The van der Waals surface area contributed by atoms with E-state index in [1.165, 1.54) is 6.21 Å². The summed E-state index contributed by atoms with van der Waals surface area (Å²) in [6.07, 6.45) is 3.26. The molecule has 4 heteroatoms. The first-order valence-electron chi connectivity index (χ1n) is 5.79. The lowest BCUT2D eigenvalue weighted by atomic mass is 10.2. The maximum absolute atomic E-state index is 11.1. The van der Waals surface area contributed by atoms with Gasteiger partial charge in [-0.15, -0.1) is 0 Å². The Labute approximate surface area is 101 Å². The number of nitrogens with zero attached hydrogens (tertiary/aromatic N) is 1. The van der Waals surface area contributed by atoms with E-state index in [1.54, 1.807) is 24.3 Å². The Morgan fingerprint density at radius 2 is 1.94 bits per heavy atom. The van der Waals surface area contributed by atoms with Crippen LogP contribution in [-0.4, -0.2) is 17.3 Å². The van der Waals surface area contributed by atoms with E-state index >= 15 is 0 Å². The van der Waals surface area contributed by atoms with Crippen LogP contribution in [0.5, 0.6) is 5.75 Å². The van der Waals surface area contributed by atoms with E-state index in [-0.39, 0.29) is 17.6 Å². The molecule has 0 unspecified atom stereocenters.